The van der Waals surface area contributed by atoms with Gasteiger partial charge in [-0.1, -0.05) is 0 Å². The first-order chi connectivity index (χ1) is 13.2. The Morgan fingerprint density at radius 1 is 1.22 bits per heavy atom. The molecule has 1 aromatic heterocycles. The molecule has 2 N–H and O–H groups in total. The van der Waals surface area contributed by atoms with Crippen molar-refractivity contribution in [3.63, 3.8) is 0 Å². The highest BCUT2D eigenvalue weighted by atomic mass is 16.5. The quantitative estimate of drug-likeness (QED) is 0.733. The van der Waals surface area contributed by atoms with E-state index < -0.39 is 0 Å². The van der Waals surface area contributed by atoms with Crippen molar-refractivity contribution in [2.75, 3.05) is 31.1 Å². The van der Waals surface area contributed by atoms with Crippen molar-refractivity contribution in [1.82, 2.24) is 20.8 Å². The second kappa shape index (κ2) is 9.53. The van der Waals surface area contributed by atoms with Crippen LogP contribution in [0.4, 0.5) is 10.6 Å². The maximum absolute atomic E-state index is 12.0. The van der Waals surface area contributed by atoms with E-state index in [-0.39, 0.29) is 31.0 Å². The number of urea groups is 1. The first-order valence-corrected chi connectivity index (χ1v) is 9.96. The Bertz CT molecular complexity index is 659. The number of aryl methyl sites for hydroxylation is 2. The fraction of sp³-hybridized carbons (Fsp3) is 0.684. The summed E-state index contributed by atoms with van der Waals surface area (Å²) in [5.74, 6) is 0.658. The molecule has 2 aliphatic rings. The van der Waals surface area contributed by atoms with E-state index in [0.29, 0.717) is 6.61 Å². The van der Waals surface area contributed by atoms with Crippen LogP contribution < -0.4 is 15.5 Å². The molecule has 1 saturated heterocycles. The molecule has 0 radical (unpaired) electrons. The van der Waals surface area contributed by atoms with Crippen molar-refractivity contribution >= 4 is 17.8 Å². The highest BCUT2D eigenvalue weighted by Gasteiger charge is 2.23. The third kappa shape index (κ3) is 5.55. The van der Waals surface area contributed by atoms with Gasteiger partial charge in [-0.3, -0.25) is 4.79 Å². The van der Waals surface area contributed by atoms with E-state index in [9.17, 15) is 9.59 Å². The van der Waals surface area contributed by atoms with Gasteiger partial charge in [0.1, 0.15) is 0 Å². The zero-order valence-corrected chi connectivity index (χ0v) is 16.0. The van der Waals surface area contributed by atoms with E-state index >= 15 is 0 Å². The zero-order chi connectivity index (χ0) is 19.1. The lowest BCUT2D eigenvalue weighted by atomic mass is 9.96. The maximum atomic E-state index is 12.0. The molecule has 0 saturated carbocycles. The van der Waals surface area contributed by atoms with Crippen LogP contribution in [0.3, 0.4) is 0 Å². The average molecular weight is 375 g/mol. The number of aromatic nitrogens is 2. The van der Waals surface area contributed by atoms with Crippen molar-refractivity contribution in [1.29, 1.82) is 0 Å². The van der Waals surface area contributed by atoms with E-state index in [1.807, 2.05) is 0 Å². The number of carbonyl (C=O) groups excluding carboxylic acids is 2. The van der Waals surface area contributed by atoms with Gasteiger partial charge in [-0.15, -0.1) is 5.10 Å². The fourth-order valence-corrected chi connectivity index (χ4v) is 3.63. The predicted molar refractivity (Wildman–Crippen MR) is 102 cm³/mol. The van der Waals surface area contributed by atoms with E-state index in [2.05, 4.69) is 31.8 Å². The Labute approximate surface area is 160 Å². The zero-order valence-electron chi connectivity index (χ0n) is 16.0. The summed E-state index contributed by atoms with van der Waals surface area (Å²) in [6.45, 7) is 4.11. The lowest BCUT2D eigenvalue weighted by Crippen LogP contribution is -2.48. The van der Waals surface area contributed by atoms with Crippen LogP contribution in [0, 0.1) is 0 Å². The lowest BCUT2D eigenvalue weighted by Gasteiger charge is -2.33. The third-order valence-electron chi connectivity index (χ3n) is 5.13. The van der Waals surface area contributed by atoms with Gasteiger partial charge in [0, 0.05) is 25.7 Å². The van der Waals surface area contributed by atoms with Gasteiger partial charge in [-0.25, -0.2) is 4.79 Å². The van der Waals surface area contributed by atoms with E-state index in [0.717, 1.165) is 50.3 Å². The van der Waals surface area contributed by atoms with E-state index in [4.69, 9.17) is 4.74 Å². The van der Waals surface area contributed by atoms with Crippen molar-refractivity contribution in [3.05, 3.63) is 17.3 Å². The van der Waals surface area contributed by atoms with Crippen molar-refractivity contribution in [2.45, 2.75) is 57.9 Å². The Balaban J connectivity index is 1.40. The Hall–Kier alpha value is -2.38. The number of hydrogen-bond acceptors (Lipinski definition) is 6. The number of ether oxygens (including phenoxy) is 1. The number of esters is 1. The largest absolute Gasteiger partial charge is 0.466 e. The number of rotatable bonds is 6. The fourth-order valence-electron chi connectivity index (χ4n) is 3.63. The first-order valence-electron chi connectivity index (χ1n) is 9.96. The minimum atomic E-state index is -0.294. The summed E-state index contributed by atoms with van der Waals surface area (Å²) in [6, 6.07) is 2.10. The minimum absolute atomic E-state index is 0.134. The van der Waals surface area contributed by atoms with Crippen LogP contribution in [-0.4, -0.2) is 54.5 Å². The third-order valence-corrected chi connectivity index (χ3v) is 5.13. The molecular weight excluding hydrogens is 346 g/mol. The molecule has 0 bridgehead atoms. The number of carbonyl (C=O) groups is 2. The molecular formula is C19H29N5O3. The van der Waals surface area contributed by atoms with Gasteiger partial charge in [0.15, 0.2) is 5.82 Å². The summed E-state index contributed by atoms with van der Waals surface area (Å²) in [5.41, 5.74) is 2.49. The number of piperidine rings is 1. The van der Waals surface area contributed by atoms with Gasteiger partial charge in [0.05, 0.1) is 18.7 Å². The normalized spacial score (nSPS) is 17.1. The predicted octanol–water partition coefficient (Wildman–Crippen LogP) is 1.58. The molecule has 1 aliphatic carbocycles. The molecule has 8 nitrogen and oxygen atoms in total. The molecule has 27 heavy (non-hydrogen) atoms. The molecule has 1 aromatic rings. The smallest absolute Gasteiger partial charge is 0.315 e. The second-order valence-corrected chi connectivity index (χ2v) is 7.10. The van der Waals surface area contributed by atoms with Gasteiger partial charge < -0.3 is 20.3 Å². The van der Waals surface area contributed by atoms with Crippen LogP contribution in [0.5, 0.6) is 0 Å². The number of hydrogen-bond donors (Lipinski definition) is 2. The Morgan fingerprint density at radius 2 is 2.00 bits per heavy atom. The average Bonchev–Trinajstić information content (AvgIpc) is 2.68. The standard InChI is InChI=1S/C19H29N5O3/c1-2-27-18(25)7-10-20-19(26)21-15-8-11-24(12-9-15)17-13-14-5-3-4-6-16(14)22-23-17/h13,15H,2-12H2,1H3,(H2,20,21,26). The van der Waals surface area contributed by atoms with Crippen molar-refractivity contribution in [3.8, 4) is 0 Å². The molecule has 2 amide bonds. The van der Waals surface area contributed by atoms with E-state index in [1.165, 1.54) is 18.4 Å². The van der Waals surface area contributed by atoms with Crippen LogP contribution >= 0.6 is 0 Å². The number of amides is 2. The molecule has 1 fully saturated rings. The molecule has 8 heteroatoms. The van der Waals surface area contributed by atoms with Crippen LogP contribution in [0.25, 0.3) is 0 Å². The number of nitrogens with one attached hydrogen (secondary N) is 2. The van der Waals surface area contributed by atoms with Gasteiger partial charge in [0.25, 0.3) is 0 Å². The molecule has 0 unspecified atom stereocenters. The number of nitrogens with zero attached hydrogens (tertiary/aromatic N) is 3. The van der Waals surface area contributed by atoms with Gasteiger partial charge >= 0.3 is 12.0 Å². The lowest BCUT2D eigenvalue weighted by molar-refractivity contribution is -0.142. The van der Waals surface area contributed by atoms with Crippen molar-refractivity contribution < 1.29 is 14.3 Å². The highest BCUT2D eigenvalue weighted by molar-refractivity contribution is 5.75. The van der Waals surface area contributed by atoms with Gasteiger partial charge in [-0.2, -0.15) is 5.10 Å². The Morgan fingerprint density at radius 3 is 2.78 bits per heavy atom. The van der Waals surface area contributed by atoms with Crippen LogP contribution in [0.1, 0.15) is 50.3 Å². The molecule has 2 heterocycles. The molecule has 0 atom stereocenters. The first kappa shape index (κ1) is 19.4. The number of anilines is 1. The molecule has 1 aliphatic heterocycles. The second-order valence-electron chi connectivity index (χ2n) is 7.10. The SMILES string of the molecule is CCOC(=O)CCNC(=O)NC1CCN(c2cc3c(nn2)CCCC3)CC1. The molecule has 3 rings (SSSR count). The van der Waals surface area contributed by atoms with Crippen LogP contribution in [0.15, 0.2) is 6.07 Å². The summed E-state index contributed by atoms with van der Waals surface area (Å²) in [5, 5.41) is 14.5. The topological polar surface area (TPSA) is 96.4 Å². The van der Waals surface area contributed by atoms with Gasteiger partial charge in [-0.05, 0) is 57.1 Å². The summed E-state index contributed by atoms with van der Waals surface area (Å²) in [7, 11) is 0. The van der Waals surface area contributed by atoms with E-state index in [1.54, 1.807) is 6.92 Å². The summed E-state index contributed by atoms with van der Waals surface area (Å²) >= 11 is 0. The van der Waals surface area contributed by atoms with Crippen LogP contribution in [-0.2, 0) is 22.4 Å². The summed E-state index contributed by atoms with van der Waals surface area (Å²) in [6.07, 6.45) is 6.50. The van der Waals surface area contributed by atoms with Crippen LogP contribution in [0.2, 0.25) is 0 Å². The molecule has 0 aromatic carbocycles. The van der Waals surface area contributed by atoms with Gasteiger partial charge in [0.2, 0.25) is 0 Å². The summed E-state index contributed by atoms with van der Waals surface area (Å²) < 4.78 is 4.83. The molecule has 0 spiro atoms. The number of fused-ring (bicyclic) bond motifs is 1. The maximum Gasteiger partial charge on any atom is 0.315 e. The monoisotopic (exact) mass is 375 g/mol. The molecule has 148 valence electrons. The Kier molecular flexibility index (Phi) is 6.84. The highest BCUT2D eigenvalue weighted by Crippen LogP contribution is 2.24. The summed E-state index contributed by atoms with van der Waals surface area (Å²) in [4.78, 5) is 25.5. The minimum Gasteiger partial charge on any atom is -0.466 e. The van der Waals surface area contributed by atoms with Crippen molar-refractivity contribution in [2.24, 2.45) is 0 Å².